The highest BCUT2D eigenvalue weighted by Gasteiger charge is 2.14. The number of hydrogen-bond acceptors (Lipinski definition) is 4. The number of benzene rings is 2. The lowest BCUT2D eigenvalue weighted by molar-refractivity contribution is -0.305. The molecule has 0 aliphatic carbocycles. The van der Waals surface area contributed by atoms with Crippen LogP contribution >= 0.6 is 11.6 Å². The first-order chi connectivity index (χ1) is 14.0. The van der Waals surface area contributed by atoms with Crippen molar-refractivity contribution in [1.82, 2.24) is 4.57 Å². The van der Waals surface area contributed by atoms with Crippen LogP contribution in [0.15, 0.2) is 60.7 Å². The predicted molar refractivity (Wildman–Crippen MR) is 110 cm³/mol. The molecule has 0 radical (unpaired) electrons. The lowest BCUT2D eigenvalue weighted by Gasteiger charge is -2.15. The van der Waals surface area contributed by atoms with Gasteiger partial charge in [-0.3, -0.25) is 4.79 Å². The average molecular weight is 412 g/mol. The second kappa shape index (κ2) is 9.30. The Hall–Kier alpha value is -3.25. The number of aryl methyl sites for hydroxylation is 1. The van der Waals surface area contributed by atoms with Crippen LogP contribution in [0.1, 0.15) is 12.1 Å². The van der Waals surface area contributed by atoms with Crippen LogP contribution in [0.5, 0.6) is 5.75 Å². The van der Waals surface area contributed by atoms with Gasteiger partial charge in [-0.1, -0.05) is 41.9 Å². The Bertz CT molecular complexity index is 1010. The molecule has 0 aliphatic heterocycles. The maximum absolute atomic E-state index is 12.7. The van der Waals surface area contributed by atoms with E-state index in [0.29, 0.717) is 16.5 Å². The summed E-state index contributed by atoms with van der Waals surface area (Å²) < 4.78 is 6.93. The van der Waals surface area contributed by atoms with Gasteiger partial charge in [-0.05, 0) is 48.7 Å². The number of methoxy groups -OCH3 is 1. The van der Waals surface area contributed by atoms with E-state index in [1.54, 1.807) is 18.2 Å². The summed E-state index contributed by atoms with van der Waals surface area (Å²) in [6.07, 6.45) is 0.158. The highest BCUT2D eigenvalue weighted by Crippen LogP contribution is 2.28. The molecule has 0 aliphatic rings. The first-order valence-corrected chi connectivity index (χ1v) is 9.43. The van der Waals surface area contributed by atoms with Gasteiger partial charge in [0.05, 0.1) is 12.1 Å². The molecule has 1 amide bonds. The number of halogens is 1. The molecular formula is C22H20ClN2O4-. The van der Waals surface area contributed by atoms with Gasteiger partial charge < -0.3 is 24.5 Å². The van der Waals surface area contributed by atoms with Crippen molar-refractivity contribution in [3.8, 4) is 17.0 Å². The van der Waals surface area contributed by atoms with Crippen LogP contribution in [0, 0.1) is 0 Å². The molecule has 6 nitrogen and oxygen atoms in total. The summed E-state index contributed by atoms with van der Waals surface area (Å²) in [5.41, 5.74) is 3.07. The molecule has 0 spiro atoms. The Labute approximate surface area is 173 Å². The summed E-state index contributed by atoms with van der Waals surface area (Å²) in [5, 5.41) is 14.1. The van der Waals surface area contributed by atoms with Gasteiger partial charge >= 0.3 is 0 Å². The Balaban J connectivity index is 1.83. The van der Waals surface area contributed by atoms with Crippen LogP contribution in [0.25, 0.3) is 11.3 Å². The van der Waals surface area contributed by atoms with Gasteiger partial charge in [-0.15, -0.1) is 0 Å². The van der Waals surface area contributed by atoms with Crippen molar-refractivity contribution in [2.24, 2.45) is 0 Å². The maximum Gasteiger partial charge on any atom is 0.244 e. The fourth-order valence-electron chi connectivity index (χ4n) is 3.09. The smallest absolute Gasteiger partial charge is 0.244 e. The number of rotatable bonds is 8. The quantitative estimate of drug-likeness (QED) is 0.617. The van der Waals surface area contributed by atoms with E-state index >= 15 is 0 Å². The number of nitrogens with zero attached hydrogens (tertiary/aromatic N) is 1. The van der Waals surface area contributed by atoms with E-state index in [0.717, 1.165) is 17.0 Å². The zero-order valence-electron chi connectivity index (χ0n) is 15.9. The minimum atomic E-state index is -1.13. The Kier molecular flexibility index (Phi) is 6.57. The van der Waals surface area contributed by atoms with Crippen molar-refractivity contribution in [3.05, 3.63) is 71.4 Å². The van der Waals surface area contributed by atoms with Gasteiger partial charge in [0, 0.05) is 23.0 Å². The number of carbonyl (C=O) groups is 2. The summed E-state index contributed by atoms with van der Waals surface area (Å²) >= 11 is 6.11. The number of aliphatic carboxylic acids is 1. The molecule has 150 valence electrons. The van der Waals surface area contributed by atoms with Crippen molar-refractivity contribution >= 4 is 29.2 Å². The topological polar surface area (TPSA) is 83.4 Å². The van der Waals surface area contributed by atoms with Crippen molar-refractivity contribution in [2.45, 2.75) is 19.4 Å². The first kappa shape index (κ1) is 20.5. The lowest BCUT2D eigenvalue weighted by Crippen LogP contribution is -2.24. The third-order valence-corrected chi connectivity index (χ3v) is 4.76. The largest absolute Gasteiger partial charge is 0.550 e. The summed E-state index contributed by atoms with van der Waals surface area (Å²) in [5.74, 6) is -0.864. The molecule has 0 bridgehead atoms. The molecule has 1 N–H and O–H groups in total. The summed E-state index contributed by atoms with van der Waals surface area (Å²) in [6, 6.07) is 18.3. The predicted octanol–water partition coefficient (Wildman–Crippen LogP) is 3.14. The molecule has 0 fully saturated rings. The molecule has 3 aromatic rings. The minimum Gasteiger partial charge on any atom is -0.550 e. The van der Waals surface area contributed by atoms with E-state index in [1.165, 1.54) is 7.11 Å². The monoisotopic (exact) mass is 411 g/mol. The number of carboxylic acids is 1. The van der Waals surface area contributed by atoms with Gasteiger partial charge in [0.15, 0.2) is 0 Å². The Morgan fingerprint density at radius 3 is 2.52 bits per heavy atom. The van der Waals surface area contributed by atoms with Crippen LogP contribution in [-0.4, -0.2) is 23.6 Å². The van der Waals surface area contributed by atoms with Crippen molar-refractivity contribution in [3.63, 3.8) is 0 Å². The summed E-state index contributed by atoms with van der Waals surface area (Å²) in [6.45, 7) is 0.0310. The second-order valence-corrected chi connectivity index (χ2v) is 6.84. The van der Waals surface area contributed by atoms with E-state index in [2.05, 4.69) is 5.32 Å². The van der Waals surface area contributed by atoms with Gasteiger partial charge in [-0.2, -0.15) is 0 Å². The summed E-state index contributed by atoms with van der Waals surface area (Å²) in [7, 11) is 1.52. The van der Waals surface area contributed by atoms with Crippen molar-refractivity contribution < 1.29 is 19.4 Å². The highest BCUT2D eigenvalue weighted by molar-refractivity contribution is 6.32. The van der Waals surface area contributed by atoms with Crippen LogP contribution < -0.4 is 15.2 Å². The lowest BCUT2D eigenvalue weighted by atomic mass is 10.1. The standard InChI is InChI=1S/C22H21ClN2O4/c1-29-20-11-7-16(13-18(20)23)24-21(26)14-25-17(9-12-22(27)28)8-10-19(25)15-5-3-2-4-6-15/h2-8,10-11,13H,9,12,14H2,1H3,(H,24,26)(H,27,28)/p-1. The third-order valence-electron chi connectivity index (χ3n) is 4.46. The number of aromatic nitrogens is 1. The summed E-state index contributed by atoms with van der Waals surface area (Å²) in [4.78, 5) is 23.6. The number of carboxylic acid groups (broad SMARTS) is 1. The fourth-order valence-corrected chi connectivity index (χ4v) is 3.35. The molecule has 0 unspecified atom stereocenters. The molecule has 1 heterocycles. The number of amides is 1. The van der Waals surface area contributed by atoms with Gasteiger partial charge in [0.25, 0.3) is 0 Å². The fraction of sp³-hybridized carbons (Fsp3) is 0.182. The Morgan fingerprint density at radius 1 is 1.10 bits per heavy atom. The van der Waals surface area contributed by atoms with Crippen LogP contribution in [-0.2, 0) is 22.6 Å². The molecule has 0 atom stereocenters. The van der Waals surface area contributed by atoms with Crippen LogP contribution in [0.3, 0.4) is 0 Å². The molecule has 1 aromatic heterocycles. The zero-order chi connectivity index (χ0) is 20.8. The number of anilines is 1. The highest BCUT2D eigenvalue weighted by atomic mass is 35.5. The van der Waals surface area contributed by atoms with E-state index in [9.17, 15) is 14.7 Å². The molecule has 0 saturated heterocycles. The number of nitrogens with one attached hydrogen (secondary N) is 1. The average Bonchev–Trinajstić information content (AvgIpc) is 3.09. The SMILES string of the molecule is COc1ccc(NC(=O)Cn2c(CCC(=O)[O-])ccc2-c2ccccc2)cc1Cl. The first-order valence-electron chi connectivity index (χ1n) is 9.05. The van der Waals surface area contributed by atoms with Gasteiger partial charge in [0.1, 0.15) is 12.3 Å². The second-order valence-electron chi connectivity index (χ2n) is 6.43. The normalized spacial score (nSPS) is 10.6. The number of carbonyl (C=O) groups excluding carboxylic acids is 2. The molecule has 3 rings (SSSR count). The van der Waals surface area contributed by atoms with Crippen LogP contribution in [0.2, 0.25) is 5.02 Å². The molecule has 7 heteroatoms. The molecular weight excluding hydrogens is 392 g/mol. The van der Waals surface area contributed by atoms with E-state index in [1.807, 2.05) is 47.0 Å². The van der Waals surface area contributed by atoms with Crippen molar-refractivity contribution in [2.75, 3.05) is 12.4 Å². The third kappa shape index (κ3) is 5.18. The van der Waals surface area contributed by atoms with E-state index in [-0.39, 0.29) is 25.3 Å². The van der Waals surface area contributed by atoms with Crippen LogP contribution in [0.4, 0.5) is 5.69 Å². The zero-order valence-corrected chi connectivity index (χ0v) is 16.6. The molecule has 29 heavy (non-hydrogen) atoms. The molecule has 2 aromatic carbocycles. The molecule has 0 saturated carbocycles. The Morgan fingerprint density at radius 2 is 1.86 bits per heavy atom. The van der Waals surface area contributed by atoms with E-state index in [4.69, 9.17) is 16.3 Å². The minimum absolute atomic E-state index is 0.0310. The number of hydrogen-bond donors (Lipinski definition) is 1. The number of ether oxygens (including phenoxy) is 1. The van der Waals surface area contributed by atoms with Crippen molar-refractivity contribution in [1.29, 1.82) is 0 Å². The van der Waals surface area contributed by atoms with E-state index < -0.39 is 5.97 Å². The van der Waals surface area contributed by atoms with Gasteiger partial charge in [0.2, 0.25) is 5.91 Å². The maximum atomic E-state index is 12.7. The van der Waals surface area contributed by atoms with Gasteiger partial charge in [-0.25, -0.2) is 0 Å².